The number of fused-ring (bicyclic) bond motifs is 3. The first-order chi connectivity index (χ1) is 28.0. The molecule has 7 rings (SSSR count). The molecule has 2 aliphatic heterocycles. The molecule has 3 fully saturated rings. The fraction of sp³-hybridized carbons (Fsp3) is 0.532. The Labute approximate surface area is 343 Å². The molecule has 6 unspecified atom stereocenters. The van der Waals surface area contributed by atoms with Crippen LogP contribution in [0.2, 0.25) is 0 Å². The molecule has 0 aromatic heterocycles. The average Bonchev–Trinajstić information content (AvgIpc) is 3.71. The van der Waals surface area contributed by atoms with Crippen LogP contribution >= 0.6 is 0 Å². The van der Waals surface area contributed by atoms with Crippen LogP contribution in [0.5, 0.6) is 5.75 Å². The molecule has 2 aliphatic carbocycles. The smallest absolute Gasteiger partial charge is 0.164 e. The first kappa shape index (κ1) is 42.5. The van der Waals surface area contributed by atoms with Gasteiger partial charge in [-0.1, -0.05) is 96.8 Å². The van der Waals surface area contributed by atoms with Gasteiger partial charge in [0, 0.05) is 65.1 Å². The summed E-state index contributed by atoms with van der Waals surface area (Å²) in [7, 11) is 6.52. The largest absolute Gasteiger partial charge is 0.497 e. The van der Waals surface area contributed by atoms with Gasteiger partial charge >= 0.3 is 0 Å². The number of rotatable bonds is 16. The lowest BCUT2D eigenvalue weighted by Crippen LogP contribution is -2.77. The molecule has 2 saturated heterocycles. The van der Waals surface area contributed by atoms with E-state index in [1.54, 1.807) is 28.4 Å². The third-order valence-corrected chi connectivity index (χ3v) is 12.4. The summed E-state index contributed by atoms with van der Waals surface area (Å²) in [6.07, 6.45) is 0.513. The van der Waals surface area contributed by atoms with E-state index >= 15 is 0 Å². The molecule has 58 heavy (non-hydrogen) atoms. The van der Waals surface area contributed by atoms with Gasteiger partial charge in [0.25, 0.3) is 0 Å². The van der Waals surface area contributed by atoms with Gasteiger partial charge in [0.15, 0.2) is 5.79 Å². The van der Waals surface area contributed by atoms with Crippen LogP contribution in [0.4, 0.5) is 0 Å². The molecule has 4 aliphatic rings. The van der Waals surface area contributed by atoms with E-state index in [4.69, 9.17) is 37.9 Å². The van der Waals surface area contributed by atoms with E-state index in [0.717, 1.165) is 22.4 Å². The van der Waals surface area contributed by atoms with Gasteiger partial charge in [0.1, 0.15) is 41.4 Å². The molecule has 0 amide bonds. The molecule has 312 valence electrons. The van der Waals surface area contributed by atoms with E-state index < -0.39 is 58.8 Å². The Kier molecular flexibility index (Phi) is 13.1. The van der Waals surface area contributed by atoms with Gasteiger partial charge in [-0.2, -0.15) is 0 Å². The lowest BCUT2D eigenvalue weighted by atomic mass is 9.52. The van der Waals surface area contributed by atoms with Crippen LogP contribution in [0.3, 0.4) is 0 Å². The van der Waals surface area contributed by atoms with Gasteiger partial charge in [-0.15, -0.1) is 0 Å². The van der Waals surface area contributed by atoms with Gasteiger partial charge in [-0.25, -0.2) is 0 Å². The highest BCUT2D eigenvalue weighted by molar-refractivity contribution is 5.30. The van der Waals surface area contributed by atoms with Crippen LogP contribution in [-0.4, -0.2) is 117 Å². The number of ether oxygens (including phenoxy) is 8. The minimum Gasteiger partial charge on any atom is -0.497 e. The molecule has 1 saturated carbocycles. The summed E-state index contributed by atoms with van der Waals surface area (Å²) in [6, 6.07) is 27.8. The second kappa shape index (κ2) is 17.9. The Hall–Kier alpha value is -3.64. The summed E-state index contributed by atoms with van der Waals surface area (Å²) in [4.78, 5) is 2.21. The number of methoxy groups -OCH3 is 4. The topological polar surface area (TPSA) is 118 Å². The number of hydrogen-bond donors (Lipinski definition) is 2. The van der Waals surface area contributed by atoms with Gasteiger partial charge < -0.3 is 48.1 Å². The predicted molar refractivity (Wildman–Crippen MR) is 218 cm³/mol. The molecule has 11 heteroatoms. The standard InChI is InChI=1S/C47H59NO10/c1-44(2)57-39-18-13-25-47(39,58-44)43(54-6)38(55-28-34-14-9-7-10-15-34)24-23-37(49)42-45(32-51-3)30-48(27-33-19-21-36(52-4)22-20-33)31-46(42,50)41(53-5)26-40(45)56-29-35-16-11-8-12-17-35/h7-22,37-43,49-50H,25-32H2,1-6H3/t37?,38-,39+,40?,41?,42?,43+,45?,46?,47-/m1/s1. The summed E-state index contributed by atoms with van der Waals surface area (Å²) in [6.45, 7) is 5.77. The zero-order valence-corrected chi connectivity index (χ0v) is 34.5. The second-order valence-corrected chi connectivity index (χ2v) is 16.6. The highest BCUT2D eigenvalue weighted by Crippen LogP contribution is 2.55. The summed E-state index contributed by atoms with van der Waals surface area (Å²) >= 11 is 0. The first-order valence-corrected chi connectivity index (χ1v) is 20.2. The fourth-order valence-corrected chi connectivity index (χ4v) is 10.1. The third-order valence-electron chi connectivity index (χ3n) is 12.4. The molecular weight excluding hydrogens is 739 g/mol. The number of piperidine rings is 1. The van der Waals surface area contributed by atoms with E-state index in [2.05, 4.69) is 16.7 Å². The second-order valence-electron chi connectivity index (χ2n) is 16.6. The molecule has 3 aromatic carbocycles. The van der Waals surface area contributed by atoms with Crippen molar-refractivity contribution in [3.8, 4) is 17.6 Å². The highest BCUT2D eigenvalue weighted by atomic mass is 16.8. The van der Waals surface area contributed by atoms with Crippen molar-refractivity contribution >= 4 is 0 Å². The van der Waals surface area contributed by atoms with Crippen LogP contribution in [0, 0.1) is 23.2 Å². The van der Waals surface area contributed by atoms with Crippen LogP contribution in [0.25, 0.3) is 0 Å². The molecule has 2 N–H and O–H groups in total. The molecule has 2 bridgehead atoms. The summed E-state index contributed by atoms with van der Waals surface area (Å²) in [5, 5.41) is 25.7. The van der Waals surface area contributed by atoms with Crippen molar-refractivity contribution in [1.29, 1.82) is 0 Å². The zero-order valence-electron chi connectivity index (χ0n) is 34.5. The summed E-state index contributed by atoms with van der Waals surface area (Å²) in [5.41, 5.74) is -0.355. The first-order valence-electron chi connectivity index (χ1n) is 20.2. The molecule has 10 atom stereocenters. The minimum absolute atomic E-state index is 0.194. The Bertz CT molecular complexity index is 1880. The Morgan fingerprint density at radius 1 is 0.845 bits per heavy atom. The summed E-state index contributed by atoms with van der Waals surface area (Å²) < 4.78 is 50.3. The Balaban J connectivity index is 1.27. The van der Waals surface area contributed by atoms with Crippen LogP contribution in [-0.2, 0) is 52.9 Å². The zero-order chi connectivity index (χ0) is 41.0. The van der Waals surface area contributed by atoms with Crippen LogP contribution in [0.15, 0.2) is 97.1 Å². The molecule has 0 radical (unpaired) electrons. The number of likely N-dealkylation sites (tertiary alicyclic amines) is 1. The average molecular weight is 798 g/mol. The van der Waals surface area contributed by atoms with Crippen molar-refractivity contribution in [3.63, 3.8) is 0 Å². The molecule has 3 aromatic rings. The van der Waals surface area contributed by atoms with Crippen LogP contribution in [0.1, 0.15) is 43.4 Å². The molecule has 0 spiro atoms. The number of aliphatic hydroxyl groups excluding tert-OH is 1. The maximum absolute atomic E-state index is 13.1. The van der Waals surface area contributed by atoms with Crippen LogP contribution < -0.4 is 4.74 Å². The Morgan fingerprint density at radius 2 is 1.53 bits per heavy atom. The monoisotopic (exact) mass is 797 g/mol. The van der Waals surface area contributed by atoms with Crippen molar-refractivity contribution < 1.29 is 48.1 Å². The van der Waals surface area contributed by atoms with Crippen molar-refractivity contribution in [2.75, 3.05) is 48.1 Å². The summed E-state index contributed by atoms with van der Waals surface area (Å²) in [5.74, 6) is 5.57. The SMILES string of the molecule is COCC12CN(Cc3ccc(OC)cc3)CC(O)(C(OC)CC1OCc1ccccc1)C2C(O)C#C[C@@H](OCc1ccccc1)[C@H](OC)[C@@]12CC=C[C@@H]1OC(C)(C)O2. The maximum Gasteiger partial charge on any atom is 0.164 e. The lowest BCUT2D eigenvalue weighted by molar-refractivity contribution is -0.294. The lowest BCUT2D eigenvalue weighted by Gasteiger charge is -2.64. The molecule has 11 nitrogen and oxygen atoms in total. The van der Waals surface area contributed by atoms with Gasteiger partial charge in [-0.05, 0) is 42.7 Å². The number of benzene rings is 3. The third kappa shape index (κ3) is 8.51. The van der Waals surface area contributed by atoms with E-state index in [9.17, 15) is 10.2 Å². The van der Waals surface area contributed by atoms with E-state index in [0.29, 0.717) is 32.5 Å². The Morgan fingerprint density at radius 3 is 2.17 bits per heavy atom. The van der Waals surface area contributed by atoms with Gasteiger partial charge in [0.05, 0.1) is 39.1 Å². The maximum atomic E-state index is 13.1. The van der Waals surface area contributed by atoms with Gasteiger partial charge in [-0.3, -0.25) is 4.90 Å². The van der Waals surface area contributed by atoms with Crippen molar-refractivity contribution in [3.05, 3.63) is 114 Å². The normalized spacial score (nSPS) is 31.5. The number of nitrogens with zero attached hydrogens (tertiary/aromatic N) is 1. The molecular formula is C47H59NO10. The quantitative estimate of drug-likeness (QED) is 0.145. The van der Waals surface area contributed by atoms with E-state index in [-0.39, 0.29) is 25.9 Å². The number of hydrogen-bond acceptors (Lipinski definition) is 11. The fourth-order valence-electron chi connectivity index (χ4n) is 10.1. The van der Waals surface area contributed by atoms with Gasteiger partial charge in [0.2, 0.25) is 0 Å². The van der Waals surface area contributed by atoms with Crippen molar-refractivity contribution in [1.82, 2.24) is 4.90 Å². The highest BCUT2D eigenvalue weighted by Gasteiger charge is 2.68. The molecule has 2 heterocycles. The van der Waals surface area contributed by atoms with E-state index in [1.165, 1.54) is 0 Å². The van der Waals surface area contributed by atoms with Crippen molar-refractivity contribution in [2.24, 2.45) is 11.3 Å². The minimum atomic E-state index is -1.55. The number of β-amino-alcohol motifs (C(OH)–C–C–N with tert-alkyl or cyclic N) is 1. The number of aliphatic hydroxyl groups is 2. The predicted octanol–water partition coefficient (Wildman–Crippen LogP) is 5.31. The van der Waals surface area contributed by atoms with Crippen molar-refractivity contribution in [2.45, 2.75) is 100 Å². The van der Waals surface area contributed by atoms with E-state index in [1.807, 2.05) is 111 Å².